The molecule has 1 aromatic carbocycles. The second-order valence-electron chi connectivity index (χ2n) is 4.99. The van der Waals surface area contributed by atoms with Gasteiger partial charge in [-0.1, -0.05) is 30.2 Å². The number of hydrogen-bond donors (Lipinski definition) is 2. The van der Waals surface area contributed by atoms with Crippen LogP contribution in [0.2, 0.25) is 0 Å². The molecule has 0 amide bonds. The number of nitrogens with one attached hydrogen (secondary N) is 1. The van der Waals surface area contributed by atoms with Gasteiger partial charge < -0.3 is 0 Å². The van der Waals surface area contributed by atoms with Crippen molar-refractivity contribution < 1.29 is 4.39 Å². The first-order valence-electron chi connectivity index (χ1n) is 6.63. The lowest BCUT2D eigenvalue weighted by Gasteiger charge is -2.20. The standard InChI is InChI=1S/C15H21FN2/c1-11-10-13(8-9-14(11)16)15(18-17)12-6-4-2-3-5-7-12/h6,8-10,15,18H,2-5,7,17H2,1H3. The fourth-order valence-electron chi connectivity index (χ4n) is 2.57. The van der Waals surface area contributed by atoms with Crippen molar-refractivity contribution in [3.63, 3.8) is 0 Å². The molecule has 18 heavy (non-hydrogen) atoms. The molecule has 0 radical (unpaired) electrons. The van der Waals surface area contributed by atoms with E-state index < -0.39 is 0 Å². The lowest BCUT2D eigenvalue weighted by Crippen LogP contribution is -2.29. The molecule has 1 atom stereocenters. The molecule has 0 fully saturated rings. The van der Waals surface area contributed by atoms with Crippen LogP contribution in [0.3, 0.4) is 0 Å². The molecule has 1 aliphatic rings. The Hall–Kier alpha value is -1.19. The second-order valence-corrected chi connectivity index (χ2v) is 4.99. The predicted octanol–water partition coefficient (Wildman–Crippen LogP) is 3.53. The minimum atomic E-state index is -0.163. The van der Waals surface area contributed by atoms with Gasteiger partial charge in [0.15, 0.2) is 0 Å². The highest BCUT2D eigenvalue weighted by atomic mass is 19.1. The Labute approximate surface area is 108 Å². The number of hydrazine groups is 1. The lowest BCUT2D eigenvalue weighted by molar-refractivity contribution is 0.585. The van der Waals surface area contributed by atoms with Gasteiger partial charge in [-0.05, 0) is 49.8 Å². The molecule has 0 saturated carbocycles. The van der Waals surface area contributed by atoms with Crippen molar-refractivity contribution in [2.75, 3.05) is 0 Å². The number of halogens is 1. The number of nitrogens with two attached hydrogens (primary N) is 1. The van der Waals surface area contributed by atoms with Gasteiger partial charge in [0.25, 0.3) is 0 Å². The fraction of sp³-hybridized carbons (Fsp3) is 0.467. The van der Waals surface area contributed by atoms with Gasteiger partial charge in [0.05, 0.1) is 6.04 Å². The first kappa shape index (κ1) is 13.2. The highest BCUT2D eigenvalue weighted by Crippen LogP contribution is 2.29. The number of aryl methyl sites for hydroxylation is 1. The molecule has 0 bridgehead atoms. The summed E-state index contributed by atoms with van der Waals surface area (Å²) in [5.74, 6) is 5.53. The molecule has 1 aromatic rings. The van der Waals surface area contributed by atoms with Gasteiger partial charge in [0, 0.05) is 0 Å². The zero-order chi connectivity index (χ0) is 13.0. The van der Waals surface area contributed by atoms with Crippen LogP contribution in [0.25, 0.3) is 0 Å². The molecular formula is C15H21FN2. The highest BCUT2D eigenvalue weighted by molar-refractivity contribution is 5.32. The molecule has 2 nitrogen and oxygen atoms in total. The van der Waals surface area contributed by atoms with Crippen LogP contribution in [-0.2, 0) is 0 Å². The molecule has 98 valence electrons. The van der Waals surface area contributed by atoms with Crippen LogP contribution in [0, 0.1) is 12.7 Å². The number of rotatable bonds is 3. The molecule has 2 rings (SSSR count). The second kappa shape index (κ2) is 6.12. The van der Waals surface area contributed by atoms with Gasteiger partial charge in [-0.25, -0.2) is 9.82 Å². The average Bonchev–Trinajstić information content (AvgIpc) is 2.64. The molecule has 0 saturated heterocycles. The molecule has 0 spiro atoms. The minimum Gasteiger partial charge on any atom is -0.271 e. The minimum absolute atomic E-state index is 0.0161. The average molecular weight is 248 g/mol. The Morgan fingerprint density at radius 2 is 2.11 bits per heavy atom. The molecule has 0 aromatic heterocycles. The van der Waals surface area contributed by atoms with E-state index >= 15 is 0 Å². The highest BCUT2D eigenvalue weighted by Gasteiger charge is 2.16. The van der Waals surface area contributed by atoms with E-state index in [4.69, 9.17) is 5.84 Å². The van der Waals surface area contributed by atoms with Crippen molar-refractivity contribution in [2.24, 2.45) is 5.84 Å². The van der Waals surface area contributed by atoms with Crippen molar-refractivity contribution in [3.8, 4) is 0 Å². The Bertz CT molecular complexity index is 440. The first-order valence-corrected chi connectivity index (χ1v) is 6.63. The van der Waals surface area contributed by atoms with Crippen molar-refractivity contribution in [2.45, 2.75) is 45.1 Å². The van der Waals surface area contributed by atoms with Crippen LogP contribution in [0.1, 0.15) is 49.3 Å². The smallest absolute Gasteiger partial charge is 0.126 e. The Morgan fingerprint density at radius 3 is 2.83 bits per heavy atom. The largest absolute Gasteiger partial charge is 0.271 e. The molecular weight excluding hydrogens is 227 g/mol. The maximum Gasteiger partial charge on any atom is 0.126 e. The van der Waals surface area contributed by atoms with Crippen molar-refractivity contribution in [1.29, 1.82) is 0 Å². The van der Waals surface area contributed by atoms with E-state index in [1.807, 2.05) is 12.1 Å². The van der Waals surface area contributed by atoms with Gasteiger partial charge >= 0.3 is 0 Å². The zero-order valence-corrected chi connectivity index (χ0v) is 10.9. The number of allylic oxidation sites excluding steroid dienone is 1. The summed E-state index contributed by atoms with van der Waals surface area (Å²) >= 11 is 0. The molecule has 1 unspecified atom stereocenters. The van der Waals surface area contributed by atoms with Crippen LogP contribution in [0.4, 0.5) is 4.39 Å². The molecule has 0 heterocycles. The summed E-state index contributed by atoms with van der Waals surface area (Å²) in [6, 6.07) is 5.23. The van der Waals surface area contributed by atoms with E-state index in [1.54, 1.807) is 6.92 Å². The lowest BCUT2D eigenvalue weighted by atomic mass is 9.94. The Kier molecular flexibility index (Phi) is 4.50. The fourth-order valence-corrected chi connectivity index (χ4v) is 2.57. The molecule has 1 aliphatic carbocycles. The molecule has 3 N–H and O–H groups in total. The van der Waals surface area contributed by atoms with Crippen LogP contribution in [0.15, 0.2) is 29.8 Å². The predicted molar refractivity (Wildman–Crippen MR) is 72.4 cm³/mol. The van der Waals surface area contributed by atoms with E-state index in [1.165, 1.54) is 30.9 Å². The third-order valence-electron chi connectivity index (χ3n) is 3.63. The van der Waals surface area contributed by atoms with Crippen LogP contribution in [0.5, 0.6) is 0 Å². The summed E-state index contributed by atoms with van der Waals surface area (Å²) in [7, 11) is 0. The summed E-state index contributed by atoms with van der Waals surface area (Å²) in [4.78, 5) is 0. The molecule has 0 aliphatic heterocycles. The third-order valence-corrected chi connectivity index (χ3v) is 3.63. The zero-order valence-electron chi connectivity index (χ0n) is 10.9. The van der Waals surface area contributed by atoms with Crippen molar-refractivity contribution in [1.82, 2.24) is 5.43 Å². The van der Waals surface area contributed by atoms with E-state index in [9.17, 15) is 4.39 Å². The first-order chi connectivity index (χ1) is 8.72. The molecule has 3 heteroatoms. The van der Waals surface area contributed by atoms with Gasteiger partial charge in [-0.3, -0.25) is 5.84 Å². The van der Waals surface area contributed by atoms with Crippen LogP contribution < -0.4 is 11.3 Å². The summed E-state index contributed by atoms with van der Waals surface area (Å²) in [5, 5.41) is 0. The van der Waals surface area contributed by atoms with E-state index in [2.05, 4.69) is 11.5 Å². The van der Waals surface area contributed by atoms with Crippen molar-refractivity contribution in [3.05, 3.63) is 46.8 Å². The third kappa shape index (κ3) is 2.98. The van der Waals surface area contributed by atoms with Gasteiger partial charge in [-0.15, -0.1) is 0 Å². The van der Waals surface area contributed by atoms with Gasteiger partial charge in [-0.2, -0.15) is 0 Å². The number of benzene rings is 1. The normalized spacial score (nSPS) is 18.1. The van der Waals surface area contributed by atoms with Crippen molar-refractivity contribution >= 4 is 0 Å². The quantitative estimate of drug-likeness (QED) is 0.488. The summed E-state index contributed by atoms with van der Waals surface area (Å²) in [6.45, 7) is 1.79. The van der Waals surface area contributed by atoms with Crippen LogP contribution in [-0.4, -0.2) is 0 Å². The van der Waals surface area contributed by atoms with Gasteiger partial charge in [0.2, 0.25) is 0 Å². The maximum atomic E-state index is 13.3. The summed E-state index contributed by atoms with van der Waals surface area (Å²) in [6.07, 6.45) is 8.22. The van der Waals surface area contributed by atoms with E-state index in [-0.39, 0.29) is 11.9 Å². The maximum absolute atomic E-state index is 13.3. The summed E-state index contributed by atoms with van der Waals surface area (Å²) < 4.78 is 13.3. The van der Waals surface area contributed by atoms with Crippen LogP contribution >= 0.6 is 0 Å². The topological polar surface area (TPSA) is 38.0 Å². The Balaban J connectivity index is 2.26. The monoisotopic (exact) mass is 248 g/mol. The number of hydrogen-bond acceptors (Lipinski definition) is 2. The van der Waals surface area contributed by atoms with Gasteiger partial charge in [0.1, 0.15) is 5.82 Å². The SMILES string of the molecule is Cc1cc(C(NN)C2=CCCCCC2)ccc1F. The van der Waals surface area contributed by atoms with E-state index in [0.717, 1.165) is 18.4 Å². The summed E-state index contributed by atoms with van der Waals surface area (Å²) in [5.41, 5.74) is 5.92. The van der Waals surface area contributed by atoms with E-state index in [0.29, 0.717) is 5.56 Å². The Morgan fingerprint density at radius 1 is 1.28 bits per heavy atom.